The van der Waals surface area contributed by atoms with Gasteiger partial charge in [-0.1, -0.05) is 26.0 Å². The van der Waals surface area contributed by atoms with Crippen molar-refractivity contribution >= 4 is 5.78 Å². The number of Topliss-reactive ketones (excluding diaryl/α,β-unsaturated/α-hetero) is 1. The van der Waals surface area contributed by atoms with E-state index in [2.05, 4.69) is 13.8 Å². The number of aliphatic hydroxyl groups is 7. The molecule has 12 atom stereocenters. The number of ketones is 1. The van der Waals surface area contributed by atoms with Crippen LogP contribution < -0.4 is 0 Å². The Labute approximate surface area is 210 Å². The molecule has 3 aliphatic carbocycles. The minimum atomic E-state index is -1.93. The predicted octanol–water partition coefficient (Wildman–Crippen LogP) is -0.970. The topological polar surface area (TPSA) is 177 Å². The third-order valence-corrected chi connectivity index (χ3v) is 9.06. The van der Waals surface area contributed by atoms with Crippen molar-refractivity contribution < 1.29 is 50.0 Å². The average molecular weight is 513 g/mol. The molecule has 4 rings (SSSR count). The van der Waals surface area contributed by atoms with Crippen molar-refractivity contribution in [1.29, 1.82) is 0 Å². The van der Waals surface area contributed by atoms with E-state index in [1.54, 1.807) is 19.9 Å². The van der Waals surface area contributed by atoms with Crippen molar-refractivity contribution in [3.63, 3.8) is 0 Å². The van der Waals surface area contributed by atoms with E-state index in [0.717, 1.165) is 0 Å². The number of carbonyl (C=O) groups excluding carboxylic acids is 1. The standard InChI is InChI=1S/C26H40O10/c1-11-5-16-19(29)13(10-35-24-22(32)21(31)20(30)18(9-27)36-24)8-26(16,34)23(33)12(2)6-14-15(7-17(11)28)25(14,3)4/h5-6,13-22,24,27-32,34H,7-10H2,1-4H3. The fourth-order valence-electron chi connectivity index (χ4n) is 6.37. The Morgan fingerprint density at radius 3 is 2.31 bits per heavy atom. The summed E-state index contributed by atoms with van der Waals surface area (Å²) < 4.78 is 11.0. The Morgan fingerprint density at radius 2 is 1.67 bits per heavy atom. The Bertz CT molecular complexity index is 912. The fraction of sp³-hybridized carbons (Fsp3) is 0.808. The lowest BCUT2D eigenvalue weighted by atomic mass is 9.81. The molecule has 0 bridgehead atoms. The molecule has 3 fully saturated rings. The molecular weight excluding hydrogens is 472 g/mol. The molecule has 1 heterocycles. The highest BCUT2D eigenvalue weighted by molar-refractivity contribution is 6.02. The molecule has 10 nitrogen and oxygen atoms in total. The van der Waals surface area contributed by atoms with Crippen molar-refractivity contribution in [3.8, 4) is 0 Å². The van der Waals surface area contributed by atoms with Gasteiger partial charge < -0.3 is 45.2 Å². The third kappa shape index (κ3) is 4.61. The van der Waals surface area contributed by atoms with Gasteiger partial charge >= 0.3 is 0 Å². The van der Waals surface area contributed by atoms with Crippen LogP contribution in [-0.4, -0.2) is 103 Å². The van der Waals surface area contributed by atoms with Crippen LogP contribution in [-0.2, 0) is 14.3 Å². The molecule has 0 spiro atoms. The molecule has 36 heavy (non-hydrogen) atoms. The Hall–Kier alpha value is -1.21. The molecule has 12 unspecified atom stereocenters. The van der Waals surface area contributed by atoms with E-state index in [0.29, 0.717) is 17.6 Å². The fourth-order valence-corrected chi connectivity index (χ4v) is 6.37. The highest BCUT2D eigenvalue weighted by Gasteiger charge is 2.59. The van der Waals surface area contributed by atoms with Gasteiger partial charge in [0.2, 0.25) is 0 Å². The minimum absolute atomic E-state index is 0.0685. The highest BCUT2D eigenvalue weighted by atomic mass is 16.7. The van der Waals surface area contributed by atoms with Gasteiger partial charge in [-0.2, -0.15) is 0 Å². The molecule has 1 saturated heterocycles. The molecule has 0 radical (unpaired) electrons. The van der Waals surface area contributed by atoms with Crippen molar-refractivity contribution in [2.75, 3.05) is 13.2 Å². The number of rotatable bonds is 4. The van der Waals surface area contributed by atoms with Gasteiger partial charge in [0, 0.05) is 11.8 Å². The largest absolute Gasteiger partial charge is 0.394 e. The Balaban J connectivity index is 1.57. The third-order valence-electron chi connectivity index (χ3n) is 9.06. The van der Waals surface area contributed by atoms with Crippen molar-refractivity contribution in [3.05, 3.63) is 23.3 Å². The second-order valence-corrected chi connectivity index (χ2v) is 11.7. The molecule has 4 aliphatic rings. The Morgan fingerprint density at radius 1 is 1.00 bits per heavy atom. The van der Waals surface area contributed by atoms with E-state index in [4.69, 9.17) is 9.47 Å². The first kappa shape index (κ1) is 27.8. The monoisotopic (exact) mass is 512 g/mol. The maximum atomic E-state index is 13.5. The molecule has 0 aromatic heterocycles. The lowest BCUT2D eigenvalue weighted by Gasteiger charge is -2.40. The summed E-state index contributed by atoms with van der Waals surface area (Å²) in [4.78, 5) is 13.5. The van der Waals surface area contributed by atoms with Gasteiger partial charge in [0.25, 0.3) is 0 Å². The average Bonchev–Trinajstić information content (AvgIpc) is 3.23. The van der Waals surface area contributed by atoms with Gasteiger partial charge in [-0.05, 0) is 55.1 Å². The lowest BCUT2D eigenvalue weighted by Crippen LogP contribution is -2.59. The Kier molecular flexibility index (Phi) is 7.60. The molecule has 0 amide bonds. The first-order valence-corrected chi connectivity index (χ1v) is 12.7. The van der Waals surface area contributed by atoms with E-state index >= 15 is 0 Å². The summed E-state index contributed by atoms with van der Waals surface area (Å²) >= 11 is 0. The van der Waals surface area contributed by atoms with Gasteiger partial charge in [0.15, 0.2) is 12.1 Å². The van der Waals surface area contributed by atoms with Gasteiger partial charge in [-0.25, -0.2) is 0 Å². The van der Waals surface area contributed by atoms with Crippen LogP contribution in [0.5, 0.6) is 0 Å². The minimum Gasteiger partial charge on any atom is -0.394 e. The van der Waals surface area contributed by atoms with Crippen molar-refractivity contribution in [2.24, 2.45) is 29.1 Å². The first-order valence-electron chi connectivity index (χ1n) is 12.7. The van der Waals surface area contributed by atoms with Gasteiger partial charge in [0.1, 0.15) is 30.0 Å². The number of ether oxygens (including phenoxy) is 2. The summed E-state index contributed by atoms with van der Waals surface area (Å²) in [7, 11) is 0. The molecule has 10 heteroatoms. The van der Waals surface area contributed by atoms with E-state index in [1.165, 1.54) is 0 Å². The van der Waals surface area contributed by atoms with Crippen LogP contribution in [0.3, 0.4) is 0 Å². The van der Waals surface area contributed by atoms with Crippen molar-refractivity contribution in [1.82, 2.24) is 0 Å². The summed E-state index contributed by atoms with van der Waals surface area (Å²) in [5, 5.41) is 73.2. The zero-order valence-corrected chi connectivity index (χ0v) is 21.2. The zero-order valence-electron chi connectivity index (χ0n) is 21.2. The summed E-state index contributed by atoms with van der Waals surface area (Å²) in [6.45, 7) is 6.74. The van der Waals surface area contributed by atoms with Crippen LogP contribution >= 0.6 is 0 Å². The van der Waals surface area contributed by atoms with Crippen LogP contribution in [0.4, 0.5) is 0 Å². The number of aliphatic hydroxyl groups excluding tert-OH is 6. The number of fused-ring (bicyclic) bond motifs is 2. The summed E-state index contributed by atoms with van der Waals surface area (Å²) in [6.07, 6.45) is -5.41. The van der Waals surface area contributed by atoms with Crippen LogP contribution in [0.25, 0.3) is 0 Å². The summed E-state index contributed by atoms with van der Waals surface area (Å²) in [6, 6.07) is 0. The first-order chi connectivity index (χ1) is 16.7. The molecule has 2 saturated carbocycles. The smallest absolute Gasteiger partial charge is 0.190 e. The normalized spacial score (nSPS) is 48.9. The van der Waals surface area contributed by atoms with E-state index in [-0.39, 0.29) is 30.3 Å². The molecule has 0 aromatic rings. The summed E-state index contributed by atoms with van der Waals surface area (Å²) in [5.41, 5.74) is -1.01. The molecule has 7 N–H and O–H groups in total. The zero-order chi connectivity index (χ0) is 26.7. The van der Waals surface area contributed by atoms with Gasteiger partial charge in [0.05, 0.1) is 25.4 Å². The van der Waals surface area contributed by atoms with Crippen LogP contribution in [0.2, 0.25) is 0 Å². The maximum absolute atomic E-state index is 13.5. The number of hydrogen-bond donors (Lipinski definition) is 7. The van der Waals surface area contributed by atoms with Crippen LogP contribution in [0.1, 0.15) is 40.5 Å². The number of allylic oxidation sites excluding steroid dienone is 1. The number of carbonyl (C=O) groups is 1. The van der Waals surface area contributed by atoms with Crippen molar-refractivity contribution in [2.45, 2.75) is 89.1 Å². The second kappa shape index (κ2) is 9.83. The molecule has 0 aromatic carbocycles. The quantitative estimate of drug-likeness (QED) is 0.232. The SMILES string of the molecule is CC1=CC2C(CC(O)C(C)=CC3C(O)C(COC4OC(CO)C(O)C(O)C4O)CC3(O)C1=O)C2(C)C. The van der Waals surface area contributed by atoms with E-state index < -0.39 is 72.7 Å². The number of hydrogen-bond acceptors (Lipinski definition) is 10. The molecule has 204 valence electrons. The predicted molar refractivity (Wildman–Crippen MR) is 126 cm³/mol. The summed E-state index contributed by atoms with van der Waals surface area (Å²) in [5.74, 6) is -1.91. The van der Waals surface area contributed by atoms with E-state index in [9.17, 15) is 40.5 Å². The lowest BCUT2D eigenvalue weighted by molar-refractivity contribution is -0.304. The molecular formula is C26H40O10. The van der Waals surface area contributed by atoms with Crippen LogP contribution in [0, 0.1) is 29.1 Å². The molecule has 1 aliphatic heterocycles. The maximum Gasteiger partial charge on any atom is 0.190 e. The highest BCUT2D eigenvalue weighted by Crippen LogP contribution is 2.62. The van der Waals surface area contributed by atoms with E-state index in [1.807, 2.05) is 6.08 Å². The van der Waals surface area contributed by atoms with Gasteiger partial charge in [-0.15, -0.1) is 0 Å². The van der Waals surface area contributed by atoms with Crippen LogP contribution in [0.15, 0.2) is 23.3 Å². The van der Waals surface area contributed by atoms with Gasteiger partial charge in [-0.3, -0.25) is 4.79 Å². The second-order valence-electron chi connectivity index (χ2n) is 11.7.